The van der Waals surface area contributed by atoms with Crippen LogP contribution in [-0.2, 0) is 19.4 Å². The summed E-state index contributed by atoms with van der Waals surface area (Å²) in [5.41, 5.74) is 4.66. The largest absolute Gasteiger partial charge is 0.390 e. The van der Waals surface area contributed by atoms with E-state index >= 15 is 0 Å². The molecule has 0 unspecified atom stereocenters. The standard InChI is InChI=1S/C29H27F2N5O3S/c1-2-17-4-3-5-18(8-17)14-32-15-27(37)25(11-19-9-21(30)13-22(31)10-19)33-28(38)26-16-40-29(34-26)20-6-7-23-24(12-20)36-39-35-23/h3-10,12-13,16,25,27,32,37H,2,11,14-15H2,1H3,(H,33,38)/t25-,27+/m0/s1. The van der Waals surface area contributed by atoms with E-state index in [0.29, 0.717) is 28.1 Å². The van der Waals surface area contributed by atoms with Gasteiger partial charge >= 0.3 is 0 Å². The summed E-state index contributed by atoms with van der Waals surface area (Å²) >= 11 is 1.28. The first-order valence-electron chi connectivity index (χ1n) is 12.8. The number of hydrogen-bond acceptors (Lipinski definition) is 8. The van der Waals surface area contributed by atoms with Crippen molar-refractivity contribution in [2.45, 2.75) is 38.5 Å². The third kappa shape index (κ3) is 6.74. The minimum absolute atomic E-state index is 0.0153. The van der Waals surface area contributed by atoms with Gasteiger partial charge in [-0.3, -0.25) is 4.79 Å². The van der Waals surface area contributed by atoms with Crippen LogP contribution in [-0.4, -0.2) is 45.0 Å². The van der Waals surface area contributed by atoms with Gasteiger partial charge < -0.3 is 15.7 Å². The number of aryl methyl sites for hydroxylation is 1. The summed E-state index contributed by atoms with van der Waals surface area (Å²) in [4.78, 5) is 17.6. The van der Waals surface area contributed by atoms with Crippen LogP contribution < -0.4 is 10.6 Å². The van der Waals surface area contributed by atoms with E-state index in [2.05, 4.69) is 45.0 Å². The first-order valence-corrected chi connectivity index (χ1v) is 13.7. The van der Waals surface area contributed by atoms with Crippen LogP contribution in [0.2, 0.25) is 0 Å². The molecule has 206 valence electrons. The molecule has 3 N–H and O–H groups in total. The fourth-order valence-electron chi connectivity index (χ4n) is 4.40. The summed E-state index contributed by atoms with van der Waals surface area (Å²) in [5.74, 6) is -1.97. The minimum Gasteiger partial charge on any atom is -0.390 e. The van der Waals surface area contributed by atoms with Gasteiger partial charge in [0.15, 0.2) is 0 Å². The number of nitrogens with one attached hydrogen (secondary N) is 2. The minimum atomic E-state index is -1.05. The van der Waals surface area contributed by atoms with Crippen molar-refractivity contribution in [3.05, 3.63) is 100 Å². The van der Waals surface area contributed by atoms with Crippen molar-refractivity contribution < 1.29 is 23.3 Å². The van der Waals surface area contributed by atoms with Crippen molar-refractivity contribution >= 4 is 28.3 Å². The number of aliphatic hydroxyl groups excluding tert-OH is 1. The zero-order valence-electron chi connectivity index (χ0n) is 21.6. The maximum absolute atomic E-state index is 13.9. The average Bonchev–Trinajstić information content (AvgIpc) is 3.62. The first kappa shape index (κ1) is 27.5. The molecule has 0 bridgehead atoms. The van der Waals surface area contributed by atoms with Crippen LogP contribution in [0, 0.1) is 11.6 Å². The maximum atomic E-state index is 13.9. The number of amides is 1. The Labute approximate surface area is 233 Å². The molecule has 0 saturated heterocycles. The number of carbonyl (C=O) groups excluding carboxylic acids is 1. The number of hydrogen-bond donors (Lipinski definition) is 3. The van der Waals surface area contributed by atoms with Gasteiger partial charge in [0.05, 0.1) is 12.1 Å². The van der Waals surface area contributed by atoms with E-state index < -0.39 is 29.7 Å². The van der Waals surface area contributed by atoms with Gasteiger partial charge in [-0.1, -0.05) is 31.2 Å². The highest BCUT2D eigenvalue weighted by Crippen LogP contribution is 2.26. The van der Waals surface area contributed by atoms with Gasteiger partial charge in [-0.25, -0.2) is 18.4 Å². The van der Waals surface area contributed by atoms with Gasteiger partial charge in [0.2, 0.25) is 0 Å². The normalized spacial score (nSPS) is 12.9. The van der Waals surface area contributed by atoms with Gasteiger partial charge in [-0.2, -0.15) is 0 Å². The molecule has 40 heavy (non-hydrogen) atoms. The summed E-state index contributed by atoms with van der Waals surface area (Å²) in [6.07, 6.45) is -0.120. The topological polar surface area (TPSA) is 113 Å². The number of benzene rings is 3. The zero-order valence-corrected chi connectivity index (χ0v) is 22.4. The molecule has 0 aliphatic heterocycles. The van der Waals surface area contributed by atoms with Crippen LogP contribution in [0.1, 0.15) is 34.1 Å². The van der Waals surface area contributed by atoms with Crippen molar-refractivity contribution in [1.29, 1.82) is 0 Å². The second-order valence-electron chi connectivity index (χ2n) is 9.44. The fourth-order valence-corrected chi connectivity index (χ4v) is 5.20. The second kappa shape index (κ2) is 12.4. The fraction of sp³-hybridized carbons (Fsp3) is 0.241. The number of aliphatic hydroxyl groups is 1. The van der Waals surface area contributed by atoms with Gasteiger partial charge in [0.25, 0.3) is 5.91 Å². The van der Waals surface area contributed by atoms with Crippen LogP contribution in [0.25, 0.3) is 21.6 Å². The molecule has 2 heterocycles. The third-order valence-electron chi connectivity index (χ3n) is 6.48. The van der Waals surface area contributed by atoms with Crippen molar-refractivity contribution in [3.8, 4) is 10.6 Å². The molecular weight excluding hydrogens is 536 g/mol. The molecule has 0 radical (unpaired) electrons. The highest BCUT2D eigenvalue weighted by molar-refractivity contribution is 7.13. The van der Waals surface area contributed by atoms with Gasteiger partial charge in [-0.15, -0.1) is 11.3 Å². The van der Waals surface area contributed by atoms with Crippen LogP contribution in [0.3, 0.4) is 0 Å². The quantitative estimate of drug-likeness (QED) is 0.214. The van der Waals surface area contributed by atoms with Crippen molar-refractivity contribution in [3.63, 3.8) is 0 Å². The molecule has 2 aromatic heterocycles. The third-order valence-corrected chi connectivity index (χ3v) is 7.37. The predicted octanol–water partition coefficient (Wildman–Crippen LogP) is 4.68. The van der Waals surface area contributed by atoms with E-state index in [1.165, 1.54) is 29.0 Å². The van der Waals surface area contributed by atoms with E-state index in [9.17, 15) is 18.7 Å². The summed E-state index contributed by atoms with van der Waals surface area (Å²) in [6, 6.07) is 15.7. The van der Waals surface area contributed by atoms with Crippen LogP contribution in [0.15, 0.2) is 70.7 Å². The Kier molecular flexibility index (Phi) is 8.54. The molecule has 0 saturated carbocycles. The lowest BCUT2D eigenvalue weighted by atomic mass is 10.00. The van der Waals surface area contributed by atoms with Crippen LogP contribution >= 0.6 is 11.3 Å². The number of nitrogens with zero attached hydrogens (tertiary/aromatic N) is 3. The number of carbonyl (C=O) groups is 1. The van der Waals surface area contributed by atoms with Crippen molar-refractivity contribution in [1.82, 2.24) is 25.9 Å². The molecule has 0 spiro atoms. The van der Waals surface area contributed by atoms with E-state index in [-0.39, 0.29) is 18.7 Å². The Morgan fingerprint density at radius 2 is 1.77 bits per heavy atom. The SMILES string of the molecule is CCc1cccc(CNC[C@@H](O)[C@H](Cc2cc(F)cc(F)c2)NC(=O)c2csc(-c3ccc4nonc4c3)n2)c1. The molecule has 5 rings (SSSR count). The van der Waals surface area contributed by atoms with Gasteiger partial charge in [0.1, 0.15) is 33.4 Å². The summed E-state index contributed by atoms with van der Waals surface area (Å²) in [6.45, 7) is 2.74. The molecular formula is C29H27F2N5O3S. The molecule has 0 aliphatic rings. The van der Waals surface area contributed by atoms with Crippen molar-refractivity contribution in [2.75, 3.05) is 6.54 Å². The summed E-state index contributed by atoms with van der Waals surface area (Å²) in [5, 5.41) is 26.9. The zero-order chi connectivity index (χ0) is 28.1. The monoisotopic (exact) mass is 563 g/mol. The average molecular weight is 564 g/mol. The molecule has 1 amide bonds. The van der Waals surface area contributed by atoms with E-state index in [1.807, 2.05) is 12.1 Å². The molecule has 2 atom stereocenters. The van der Waals surface area contributed by atoms with Crippen LogP contribution in [0.4, 0.5) is 8.78 Å². The molecule has 0 fully saturated rings. The second-order valence-corrected chi connectivity index (χ2v) is 10.3. The lowest BCUT2D eigenvalue weighted by Crippen LogP contribution is -2.48. The Balaban J connectivity index is 1.29. The van der Waals surface area contributed by atoms with Crippen LogP contribution in [0.5, 0.6) is 0 Å². The maximum Gasteiger partial charge on any atom is 0.271 e. The smallest absolute Gasteiger partial charge is 0.271 e. The molecule has 3 aromatic carbocycles. The Hall–Kier alpha value is -4.06. The Morgan fingerprint density at radius 1 is 1.00 bits per heavy atom. The van der Waals surface area contributed by atoms with Crippen molar-refractivity contribution in [2.24, 2.45) is 0 Å². The van der Waals surface area contributed by atoms with E-state index in [1.54, 1.807) is 23.6 Å². The highest BCUT2D eigenvalue weighted by Gasteiger charge is 2.24. The molecule has 8 nitrogen and oxygen atoms in total. The lowest BCUT2D eigenvalue weighted by Gasteiger charge is -2.24. The molecule has 0 aliphatic carbocycles. The number of thiazole rings is 1. The number of rotatable bonds is 11. The van der Waals surface area contributed by atoms with Gasteiger partial charge in [0, 0.05) is 30.1 Å². The molecule has 5 aromatic rings. The number of aromatic nitrogens is 3. The first-order chi connectivity index (χ1) is 19.4. The van der Waals surface area contributed by atoms with Gasteiger partial charge in [-0.05, 0) is 70.2 Å². The Bertz CT molecular complexity index is 1600. The number of halogens is 2. The number of fused-ring (bicyclic) bond motifs is 1. The summed E-state index contributed by atoms with van der Waals surface area (Å²) in [7, 11) is 0. The predicted molar refractivity (Wildman–Crippen MR) is 148 cm³/mol. The summed E-state index contributed by atoms with van der Waals surface area (Å²) < 4.78 is 32.5. The van der Waals surface area contributed by atoms with E-state index in [4.69, 9.17) is 4.63 Å². The highest BCUT2D eigenvalue weighted by atomic mass is 32.1. The molecule has 11 heteroatoms. The Morgan fingerprint density at radius 3 is 2.58 bits per heavy atom. The lowest BCUT2D eigenvalue weighted by molar-refractivity contribution is 0.0826. The van der Waals surface area contributed by atoms with E-state index in [0.717, 1.165) is 23.6 Å².